The lowest BCUT2D eigenvalue weighted by Crippen LogP contribution is -2.97. The van der Waals surface area contributed by atoms with Gasteiger partial charge in [0.15, 0.2) is 17.0 Å². The largest absolute Gasteiger partial charge is 0.355 e. The average Bonchev–Trinajstić information content (AvgIpc) is 2.97. The zero-order valence-corrected chi connectivity index (χ0v) is 15.8. The third-order valence-electron chi connectivity index (χ3n) is 5.25. The van der Waals surface area contributed by atoms with Crippen LogP contribution in [0.5, 0.6) is 0 Å². The van der Waals surface area contributed by atoms with Gasteiger partial charge in [-0.25, -0.2) is 9.29 Å². The van der Waals surface area contributed by atoms with Crippen LogP contribution in [0.15, 0.2) is 36.4 Å². The molecule has 3 heterocycles. The average molecular weight is 405 g/mol. The number of hydrogen-bond donors (Lipinski definition) is 1. The molecule has 7 nitrogen and oxygen atoms in total. The predicted octanol–water partition coefficient (Wildman–Crippen LogP) is 1.13. The van der Waals surface area contributed by atoms with E-state index in [1.54, 1.807) is 6.07 Å². The summed E-state index contributed by atoms with van der Waals surface area (Å²) in [6.07, 6.45) is 1.91. The van der Waals surface area contributed by atoms with Crippen molar-refractivity contribution in [2.45, 2.75) is 31.3 Å². The van der Waals surface area contributed by atoms with Gasteiger partial charge in [-0.05, 0) is 36.4 Å². The lowest BCUT2D eigenvalue weighted by Gasteiger charge is -2.31. The highest BCUT2D eigenvalue weighted by atomic mass is 35.5. The third-order valence-corrected chi connectivity index (χ3v) is 5.45. The van der Waals surface area contributed by atoms with E-state index in [2.05, 4.69) is 15.1 Å². The van der Waals surface area contributed by atoms with Gasteiger partial charge in [0.25, 0.3) is 5.91 Å². The van der Waals surface area contributed by atoms with Crippen LogP contribution in [0.25, 0.3) is 0 Å². The van der Waals surface area contributed by atoms with Crippen molar-refractivity contribution < 1.29 is 19.3 Å². The summed E-state index contributed by atoms with van der Waals surface area (Å²) in [7, 11) is 0. The molecule has 2 aliphatic rings. The number of imide groups is 1. The van der Waals surface area contributed by atoms with Gasteiger partial charge in [0, 0.05) is 25.9 Å². The fourth-order valence-electron chi connectivity index (χ4n) is 3.79. The molecular formula is C19H20ClFN5O2+. The van der Waals surface area contributed by atoms with Gasteiger partial charge in [-0.1, -0.05) is 11.6 Å². The van der Waals surface area contributed by atoms with Crippen molar-refractivity contribution in [1.82, 2.24) is 10.2 Å². The van der Waals surface area contributed by atoms with Gasteiger partial charge in [-0.2, -0.15) is 0 Å². The van der Waals surface area contributed by atoms with Gasteiger partial charge in [-0.3, -0.25) is 9.59 Å². The molecule has 9 heteroatoms. The summed E-state index contributed by atoms with van der Waals surface area (Å²) < 4.78 is 13.1. The van der Waals surface area contributed by atoms with Gasteiger partial charge in [0.2, 0.25) is 5.91 Å². The number of benzene rings is 1. The maximum Gasteiger partial charge on any atom is 0.292 e. The van der Waals surface area contributed by atoms with Gasteiger partial charge >= 0.3 is 0 Å². The molecule has 0 aliphatic carbocycles. The monoisotopic (exact) mass is 404 g/mol. The zero-order chi connectivity index (χ0) is 19.7. The number of aromatic nitrogens is 2. The number of amides is 2. The van der Waals surface area contributed by atoms with Crippen molar-refractivity contribution in [3.05, 3.63) is 47.4 Å². The van der Waals surface area contributed by atoms with E-state index in [-0.39, 0.29) is 24.3 Å². The lowest BCUT2D eigenvalue weighted by molar-refractivity contribution is -0.709. The number of carbonyl (C=O) groups is 2. The van der Waals surface area contributed by atoms with Gasteiger partial charge < -0.3 is 10.2 Å². The predicted molar refractivity (Wildman–Crippen MR) is 102 cm³/mol. The number of halogens is 2. The summed E-state index contributed by atoms with van der Waals surface area (Å²) in [6.45, 7) is 1.60. The van der Waals surface area contributed by atoms with Crippen LogP contribution in [0.4, 0.5) is 15.9 Å². The van der Waals surface area contributed by atoms with E-state index in [1.165, 1.54) is 29.2 Å². The van der Waals surface area contributed by atoms with Crippen LogP contribution in [0.3, 0.4) is 0 Å². The summed E-state index contributed by atoms with van der Waals surface area (Å²) in [4.78, 5) is 28.4. The minimum Gasteiger partial charge on any atom is -0.355 e. The Hall–Kier alpha value is -2.58. The molecule has 1 aromatic heterocycles. The fraction of sp³-hybridized carbons (Fsp3) is 0.368. The van der Waals surface area contributed by atoms with Gasteiger partial charge in [0.05, 0.1) is 18.2 Å². The van der Waals surface area contributed by atoms with E-state index in [0.29, 0.717) is 10.8 Å². The zero-order valence-electron chi connectivity index (χ0n) is 15.1. The smallest absolute Gasteiger partial charge is 0.292 e. The van der Waals surface area contributed by atoms with E-state index >= 15 is 0 Å². The van der Waals surface area contributed by atoms with Crippen molar-refractivity contribution >= 4 is 34.9 Å². The summed E-state index contributed by atoms with van der Waals surface area (Å²) >= 11 is 5.78. The Balaban J connectivity index is 1.35. The topological polar surface area (TPSA) is 83.0 Å². The lowest BCUT2D eigenvalue weighted by atomic mass is 10.0. The molecule has 0 unspecified atom stereocenters. The van der Waals surface area contributed by atoms with E-state index in [4.69, 9.17) is 11.6 Å². The van der Waals surface area contributed by atoms with Gasteiger partial charge in [-0.15, -0.1) is 10.2 Å². The SMILES string of the molecule is O=C1C[C@H]([NH2+]C2CCN(c3ccc(Cl)nn3)CC2)C(=O)N1c1ccc(F)cc1. The second-order valence-electron chi connectivity index (χ2n) is 7.09. The van der Waals surface area contributed by atoms with Crippen LogP contribution in [0.1, 0.15) is 19.3 Å². The van der Waals surface area contributed by atoms with Crippen molar-refractivity contribution in [2.24, 2.45) is 0 Å². The van der Waals surface area contributed by atoms with Crippen LogP contribution >= 0.6 is 11.6 Å². The molecule has 0 spiro atoms. The van der Waals surface area contributed by atoms with Crippen molar-refractivity contribution in [3.63, 3.8) is 0 Å². The molecule has 2 aliphatic heterocycles. The number of carbonyl (C=O) groups excluding carboxylic acids is 2. The molecule has 2 saturated heterocycles. The van der Waals surface area contributed by atoms with E-state index in [0.717, 1.165) is 31.7 Å². The summed E-state index contributed by atoms with van der Waals surface area (Å²) in [5.74, 6) is -0.0881. The van der Waals surface area contributed by atoms with Crippen LogP contribution in [0, 0.1) is 5.82 Å². The fourth-order valence-corrected chi connectivity index (χ4v) is 3.90. The summed E-state index contributed by atoms with van der Waals surface area (Å²) in [6, 6.07) is 8.81. The molecule has 2 aromatic rings. The second-order valence-corrected chi connectivity index (χ2v) is 7.47. The van der Waals surface area contributed by atoms with Crippen molar-refractivity contribution in [1.29, 1.82) is 0 Å². The first-order chi connectivity index (χ1) is 13.5. The highest BCUT2D eigenvalue weighted by Gasteiger charge is 2.43. The van der Waals surface area contributed by atoms with Crippen LogP contribution in [0.2, 0.25) is 5.15 Å². The highest BCUT2D eigenvalue weighted by molar-refractivity contribution is 6.29. The van der Waals surface area contributed by atoms with E-state index in [9.17, 15) is 14.0 Å². The Bertz CT molecular complexity index is 869. The number of quaternary nitrogens is 1. The molecule has 0 saturated carbocycles. The molecule has 146 valence electrons. The Kier molecular flexibility index (Phi) is 5.23. The molecule has 1 aromatic carbocycles. The number of piperidine rings is 1. The van der Waals surface area contributed by atoms with E-state index in [1.807, 2.05) is 11.4 Å². The number of rotatable bonds is 4. The van der Waals surface area contributed by atoms with Crippen LogP contribution < -0.4 is 15.1 Å². The Morgan fingerprint density at radius 3 is 2.39 bits per heavy atom. The maximum absolute atomic E-state index is 13.1. The van der Waals surface area contributed by atoms with Crippen molar-refractivity contribution in [2.75, 3.05) is 22.9 Å². The number of nitrogens with zero attached hydrogens (tertiary/aromatic N) is 4. The standard InChI is InChI=1S/C19H19ClFN5O2/c20-16-5-6-17(24-23-16)25-9-7-13(8-10-25)22-15-11-18(27)26(19(15)28)14-3-1-12(21)2-4-14/h1-6,13,15,22H,7-11H2/p+1/t15-/m0/s1. The quantitative estimate of drug-likeness (QED) is 0.772. The van der Waals surface area contributed by atoms with Crippen molar-refractivity contribution in [3.8, 4) is 0 Å². The normalized spacial score (nSPS) is 20.9. The van der Waals surface area contributed by atoms with Crippen LogP contribution in [-0.4, -0.2) is 47.2 Å². The number of anilines is 2. The molecule has 28 heavy (non-hydrogen) atoms. The number of nitrogens with two attached hydrogens (primary N) is 1. The molecule has 2 fully saturated rings. The number of hydrogen-bond acceptors (Lipinski definition) is 5. The Morgan fingerprint density at radius 1 is 1.04 bits per heavy atom. The summed E-state index contributed by atoms with van der Waals surface area (Å²) in [5.41, 5.74) is 0.420. The molecule has 4 rings (SSSR count). The Labute approximate surface area is 166 Å². The van der Waals surface area contributed by atoms with Crippen LogP contribution in [-0.2, 0) is 9.59 Å². The Morgan fingerprint density at radius 2 is 1.75 bits per heavy atom. The first-order valence-corrected chi connectivity index (χ1v) is 9.60. The molecule has 1 atom stereocenters. The minimum atomic E-state index is -0.426. The second kappa shape index (κ2) is 7.81. The molecule has 2 N–H and O–H groups in total. The molecule has 0 radical (unpaired) electrons. The molecule has 0 bridgehead atoms. The molecule has 2 amide bonds. The third kappa shape index (κ3) is 3.83. The maximum atomic E-state index is 13.1. The first kappa shape index (κ1) is 18.8. The van der Waals surface area contributed by atoms with E-state index < -0.39 is 11.9 Å². The first-order valence-electron chi connectivity index (χ1n) is 9.23. The molecular weight excluding hydrogens is 385 g/mol. The van der Waals surface area contributed by atoms with Gasteiger partial charge in [0.1, 0.15) is 5.82 Å². The summed E-state index contributed by atoms with van der Waals surface area (Å²) in [5, 5.41) is 10.3. The minimum absolute atomic E-state index is 0.166. The highest BCUT2D eigenvalue weighted by Crippen LogP contribution is 2.22.